The average molecular weight is 392 g/mol. The van der Waals surface area contributed by atoms with Gasteiger partial charge in [-0.15, -0.1) is 0 Å². The first-order valence-corrected chi connectivity index (χ1v) is 10.5. The molecule has 0 amide bonds. The molecule has 1 aliphatic rings. The highest BCUT2D eigenvalue weighted by molar-refractivity contribution is 7.92. The van der Waals surface area contributed by atoms with Gasteiger partial charge in [0.05, 0.1) is 11.5 Å². The van der Waals surface area contributed by atoms with Gasteiger partial charge in [-0.05, 0) is 70.1 Å². The van der Waals surface area contributed by atoms with E-state index in [2.05, 4.69) is 16.7 Å². The van der Waals surface area contributed by atoms with Gasteiger partial charge in [0, 0.05) is 0 Å². The molecule has 2 aromatic rings. The lowest BCUT2D eigenvalue weighted by Crippen LogP contribution is -2.32. The van der Waals surface area contributed by atoms with Crippen LogP contribution in [-0.4, -0.2) is 40.1 Å². The highest BCUT2D eigenvalue weighted by atomic mass is 32.2. The summed E-state index contributed by atoms with van der Waals surface area (Å²) in [6, 6.07) is 10.7. The number of piperidine rings is 1. The van der Waals surface area contributed by atoms with Crippen LogP contribution in [0.1, 0.15) is 18.4 Å². The predicted octanol–water partition coefficient (Wildman–Crippen LogP) is 3.66. The number of anilines is 1. The summed E-state index contributed by atoms with van der Waals surface area (Å²) in [5.41, 5.74) is 0.799. The van der Waals surface area contributed by atoms with E-state index in [4.69, 9.17) is 4.74 Å². The van der Waals surface area contributed by atoms with Gasteiger partial charge in [0.2, 0.25) is 0 Å². The van der Waals surface area contributed by atoms with Gasteiger partial charge in [-0.25, -0.2) is 12.8 Å². The fraction of sp³-hybridized carbons (Fsp3) is 0.400. The van der Waals surface area contributed by atoms with E-state index in [0.29, 0.717) is 12.5 Å². The SMILES string of the molecule is Cc1ccc(S(=O)(=O)Nc2c(F)cccc2OCC2CCN(C)CC2)cc1. The van der Waals surface area contributed by atoms with Crippen molar-refractivity contribution >= 4 is 15.7 Å². The summed E-state index contributed by atoms with van der Waals surface area (Å²) in [5.74, 6) is -0.0674. The van der Waals surface area contributed by atoms with Gasteiger partial charge in [0.1, 0.15) is 11.4 Å². The third kappa shape index (κ3) is 4.99. The molecule has 0 bridgehead atoms. The molecule has 0 atom stereocenters. The minimum Gasteiger partial charge on any atom is -0.491 e. The zero-order valence-electron chi connectivity index (χ0n) is 15.6. The summed E-state index contributed by atoms with van der Waals surface area (Å²) in [5, 5.41) is 0. The Morgan fingerprint density at radius 3 is 2.48 bits per heavy atom. The molecule has 0 aromatic heterocycles. The van der Waals surface area contributed by atoms with Crippen LogP contribution in [0.25, 0.3) is 0 Å². The lowest BCUT2D eigenvalue weighted by atomic mass is 9.98. The van der Waals surface area contributed by atoms with E-state index in [0.717, 1.165) is 31.5 Å². The zero-order valence-corrected chi connectivity index (χ0v) is 16.4. The average Bonchev–Trinajstić information content (AvgIpc) is 2.64. The quantitative estimate of drug-likeness (QED) is 0.815. The van der Waals surface area contributed by atoms with Crippen molar-refractivity contribution in [3.63, 3.8) is 0 Å². The molecular formula is C20H25FN2O3S. The molecule has 0 aliphatic carbocycles. The van der Waals surface area contributed by atoms with E-state index < -0.39 is 15.8 Å². The van der Waals surface area contributed by atoms with Crippen molar-refractivity contribution in [3.05, 3.63) is 53.8 Å². The number of sulfonamides is 1. The fourth-order valence-electron chi connectivity index (χ4n) is 3.07. The Morgan fingerprint density at radius 2 is 1.81 bits per heavy atom. The monoisotopic (exact) mass is 392 g/mol. The number of hydrogen-bond acceptors (Lipinski definition) is 4. The van der Waals surface area contributed by atoms with E-state index >= 15 is 0 Å². The van der Waals surface area contributed by atoms with Crippen LogP contribution >= 0.6 is 0 Å². The van der Waals surface area contributed by atoms with Crippen LogP contribution < -0.4 is 9.46 Å². The Labute approximate surface area is 160 Å². The number of para-hydroxylation sites is 1. The molecule has 7 heteroatoms. The minimum absolute atomic E-state index is 0.0811. The van der Waals surface area contributed by atoms with Crippen molar-refractivity contribution < 1.29 is 17.5 Å². The Kier molecular flexibility index (Phi) is 6.01. The normalized spacial score (nSPS) is 16.3. The van der Waals surface area contributed by atoms with E-state index in [1.807, 2.05) is 6.92 Å². The Morgan fingerprint density at radius 1 is 1.15 bits per heavy atom. The third-order valence-electron chi connectivity index (χ3n) is 4.86. The number of hydrogen-bond donors (Lipinski definition) is 1. The molecule has 0 radical (unpaired) electrons. The fourth-order valence-corrected chi connectivity index (χ4v) is 4.15. The van der Waals surface area contributed by atoms with Gasteiger partial charge in [-0.1, -0.05) is 23.8 Å². The van der Waals surface area contributed by atoms with Crippen LogP contribution in [0.15, 0.2) is 47.4 Å². The molecule has 146 valence electrons. The van der Waals surface area contributed by atoms with Crippen molar-refractivity contribution in [1.82, 2.24) is 4.90 Å². The summed E-state index contributed by atoms with van der Waals surface area (Å²) < 4.78 is 47.8. The highest BCUT2D eigenvalue weighted by Gasteiger charge is 2.21. The molecule has 1 N–H and O–H groups in total. The largest absolute Gasteiger partial charge is 0.491 e. The molecule has 2 aromatic carbocycles. The van der Waals surface area contributed by atoms with Crippen molar-refractivity contribution in [2.75, 3.05) is 31.5 Å². The summed E-state index contributed by atoms with van der Waals surface area (Å²) >= 11 is 0. The van der Waals surface area contributed by atoms with E-state index in [1.54, 1.807) is 18.2 Å². The number of benzene rings is 2. The first kappa shape index (κ1) is 19.6. The molecule has 1 saturated heterocycles. The Bertz CT molecular complexity index is 877. The van der Waals surface area contributed by atoms with Gasteiger partial charge in [0.15, 0.2) is 5.82 Å². The smallest absolute Gasteiger partial charge is 0.262 e. The number of rotatable bonds is 6. The predicted molar refractivity (Wildman–Crippen MR) is 104 cm³/mol. The van der Waals surface area contributed by atoms with Gasteiger partial charge in [-0.2, -0.15) is 0 Å². The molecule has 27 heavy (non-hydrogen) atoms. The lowest BCUT2D eigenvalue weighted by Gasteiger charge is -2.29. The second-order valence-corrected chi connectivity index (χ2v) is 8.77. The number of aryl methyl sites for hydroxylation is 1. The van der Waals surface area contributed by atoms with Gasteiger partial charge in [-0.3, -0.25) is 4.72 Å². The summed E-state index contributed by atoms with van der Waals surface area (Å²) in [6.45, 7) is 4.32. The third-order valence-corrected chi connectivity index (χ3v) is 6.22. The molecule has 5 nitrogen and oxygen atoms in total. The van der Waals surface area contributed by atoms with Crippen LogP contribution in [0.3, 0.4) is 0 Å². The van der Waals surface area contributed by atoms with E-state index in [-0.39, 0.29) is 16.3 Å². The summed E-state index contributed by atoms with van der Waals surface area (Å²) in [4.78, 5) is 2.34. The highest BCUT2D eigenvalue weighted by Crippen LogP contribution is 2.31. The van der Waals surface area contributed by atoms with Crippen molar-refractivity contribution in [3.8, 4) is 5.75 Å². The van der Waals surface area contributed by atoms with Crippen molar-refractivity contribution in [1.29, 1.82) is 0 Å². The van der Waals surface area contributed by atoms with Gasteiger partial charge >= 0.3 is 0 Å². The molecule has 0 unspecified atom stereocenters. The molecular weight excluding hydrogens is 367 g/mol. The van der Waals surface area contributed by atoms with Crippen LogP contribution in [0.2, 0.25) is 0 Å². The number of likely N-dealkylation sites (tertiary alicyclic amines) is 1. The number of halogens is 1. The summed E-state index contributed by atoms with van der Waals surface area (Å²) in [6.07, 6.45) is 2.02. The van der Waals surface area contributed by atoms with Crippen LogP contribution in [0.5, 0.6) is 5.75 Å². The molecule has 1 fully saturated rings. The van der Waals surface area contributed by atoms with E-state index in [1.165, 1.54) is 24.3 Å². The van der Waals surface area contributed by atoms with Crippen LogP contribution in [0.4, 0.5) is 10.1 Å². The number of nitrogens with one attached hydrogen (secondary N) is 1. The first-order chi connectivity index (χ1) is 12.8. The lowest BCUT2D eigenvalue weighted by molar-refractivity contribution is 0.160. The van der Waals surface area contributed by atoms with E-state index in [9.17, 15) is 12.8 Å². The maximum atomic E-state index is 14.4. The molecule has 0 spiro atoms. The van der Waals surface area contributed by atoms with Crippen LogP contribution in [0, 0.1) is 18.7 Å². The van der Waals surface area contributed by atoms with Gasteiger partial charge in [0.25, 0.3) is 10.0 Å². The molecule has 0 saturated carbocycles. The maximum absolute atomic E-state index is 14.4. The number of ether oxygens (including phenoxy) is 1. The molecule has 3 rings (SSSR count). The second kappa shape index (κ2) is 8.27. The zero-order chi connectivity index (χ0) is 19.4. The number of nitrogens with zero attached hydrogens (tertiary/aromatic N) is 1. The summed E-state index contributed by atoms with van der Waals surface area (Å²) in [7, 11) is -1.82. The topological polar surface area (TPSA) is 58.6 Å². The molecule has 1 aliphatic heterocycles. The van der Waals surface area contributed by atoms with Gasteiger partial charge < -0.3 is 9.64 Å². The van der Waals surface area contributed by atoms with Crippen LogP contribution in [-0.2, 0) is 10.0 Å². The maximum Gasteiger partial charge on any atom is 0.262 e. The Hall–Kier alpha value is -2.12. The standard InChI is InChI=1S/C20H25FN2O3S/c1-15-6-8-17(9-7-15)27(24,25)22-20-18(21)4-3-5-19(20)26-14-16-10-12-23(2)13-11-16/h3-9,16,22H,10-14H2,1-2H3. The Balaban J connectivity index is 1.76. The van der Waals surface area contributed by atoms with Crippen molar-refractivity contribution in [2.45, 2.75) is 24.7 Å². The first-order valence-electron chi connectivity index (χ1n) is 9.04. The molecule has 1 heterocycles. The van der Waals surface area contributed by atoms with Crippen molar-refractivity contribution in [2.24, 2.45) is 5.92 Å². The minimum atomic E-state index is -3.90. The second-order valence-electron chi connectivity index (χ2n) is 7.09.